The SMILES string of the molecule is Cc1ccccc1C(N)=[Se]. The number of benzene rings is 1. The molecule has 1 aromatic carbocycles. The monoisotopic (exact) mass is 199 g/mol. The van der Waals surface area contributed by atoms with E-state index in [9.17, 15) is 0 Å². The van der Waals surface area contributed by atoms with E-state index >= 15 is 0 Å². The first-order chi connectivity index (χ1) is 4.72. The van der Waals surface area contributed by atoms with E-state index in [1.54, 1.807) is 0 Å². The van der Waals surface area contributed by atoms with Crippen LogP contribution in [0, 0.1) is 6.92 Å². The molecule has 2 heteroatoms. The summed E-state index contributed by atoms with van der Waals surface area (Å²) in [4.78, 5) is 0. The molecule has 0 bridgehead atoms. The van der Waals surface area contributed by atoms with Crippen LogP contribution in [0.15, 0.2) is 24.3 Å². The molecule has 0 heterocycles. The molecule has 0 aliphatic rings. The van der Waals surface area contributed by atoms with E-state index in [-0.39, 0.29) is 0 Å². The molecule has 52 valence electrons. The van der Waals surface area contributed by atoms with Crippen LogP contribution in [0.5, 0.6) is 0 Å². The number of hydrogen-bond acceptors (Lipinski definition) is 1. The average molecular weight is 198 g/mol. The molecule has 1 nitrogen and oxygen atoms in total. The standard InChI is InChI=1S/C8H9NSe/c1-6-4-2-3-5-7(6)8(9)10/h2-5H,1H3,(H2,9,10). The normalized spacial score (nSPS) is 9.30. The fourth-order valence-corrected chi connectivity index (χ4v) is 1.33. The second-order valence-electron chi connectivity index (χ2n) is 2.18. The molecule has 1 aromatic rings. The van der Waals surface area contributed by atoms with E-state index in [4.69, 9.17) is 5.73 Å². The van der Waals surface area contributed by atoms with Crippen molar-refractivity contribution < 1.29 is 0 Å². The molecule has 0 aliphatic heterocycles. The summed E-state index contributed by atoms with van der Waals surface area (Å²) in [5, 5.41) is 0. The Labute approximate surface area is 68.6 Å². The van der Waals surface area contributed by atoms with Crippen LogP contribution in [0.25, 0.3) is 0 Å². The number of nitrogens with two attached hydrogens (primary N) is 1. The molecule has 0 aliphatic carbocycles. The Morgan fingerprint density at radius 2 is 2.00 bits per heavy atom. The van der Waals surface area contributed by atoms with Crippen LogP contribution in [0.3, 0.4) is 0 Å². The minimum absolute atomic E-state index is 0.762. The molecular formula is C8H9NSe. The van der Waals surface area contributed by atoms with Crippen molar-refractivity contribution in [1.82, 2.24) is 0 Å². The van der Waals surface area contributed by atoms with Gasteiger partial charge in [0.1, 0.15) is 0 Å². The summed E-state index contributed by atoms with van der Waals surface area (Å²) in [6, 6.07) is 8.02. The molecule has 0 saturated carbocycles. The quantitative estimate of drug-likeness (QED) is 0.657. The van der Waals surface area contributed by atoms with Gasteiger partial charge in [0.05, 0.1) is 0 Å². The van der Waals surface area contributed by atoms with Gasteiger partial charge < -0.3 is 0 Å². The summed E-state index contributed by atoms with van der Waals surface area (Å²) in [6.45, 7) is 2.04. The van der Waals surface area contributed by atoms with Crippen LogP contribution >= 0.6 is 0 Å². The van der Waals surface area contributed by atoms with Gasteiger partial charge in [-0.05, 0) is 0 Å². The summed E-state index contributed by atoms with van der Waals surface area (Å²) >= 11 is 2.79. The molecule has 2 N–H and O–H groups in total. The van der Waals surface area contributed by atoms with Crippen molar-refractivity contribution in [3.05, 3.63) is 35.4 Å². The van der Waals surface area contributed by atoms with Gasteiger partial charge in [-0.25, -0.2) is 0 Å². The van der Waals surface area contributed by atoms with Crippen LogP contribution in [0.2, 0.25) is 0 Å². The zero-order valence-electron chi connectivity index (χ0n) is 5.79. The van der Waals surface area contributed by atoms with E-state index < -0.39 is 0 Å². The fraction of sp³-hybridized carbons (Fsp3) is 0.125. The van der Waals surface area contributed by atoms with Crippen molar-refractivity contribution in [3.8, 4) is 0 Å². The second kappa shape index (κ2) is 3.00. The molecule has 0 unspecified atom stereocenters. The first kappa shape index (κ1) is 7.52. The van der Waals surface area contributed by atoms with Crippen LogP contribution in [0.1, 0.15) is 11.1 Å². The summed E-state index contributed by atoms with van der Waals surface area (Å²) in [5.74, 6) is 0. The number of rotatable bonds is 1. The maximum atomic E-state index is 5.58. The molecule has 0 aromatic heterocycles. The summed E-state index contributed by atoms with van der Waals surface area (Å²) < 4.78 is 0.762. The number of hydrogen-bond donors (Lipinski definition) is 1. The van der Waals surface area contributed by atoms with E-state index in [2.05, 4.69) is 15.6 Å². The predicted molar refractivity (Wildman–Crippen MR) is 45.2 cm³/mol. The van der Waals surface area contributed by atoms with E-state index in [1.165, 1.54) is 5.56 Å². The summed E-state index contributed by atoms with van der Waals surface area (Å²) in [7, 11) is 0. The van der Waals surface area contributed by atoms with Crippen LogP contribution < -0.4 is 5.73 Å². The molecule has 10 heavy (non-hydrogen) atoms. The van der Waals surface area contributed by atoms with Gasteiger partial charge in [0.15, 0.2) is 0 Å². The van der Waals surface area contributed by atoms with Gasteiger partial charge in [-0.3, -0.25) is 0 Å². The third-order valence-corrected chi connectivity index (χ3v) is 1.87. The van der Waals surface area contributed by atoms with E-state index in [0.29, 0.717) is 0 Å². The van der Waals surface area contributed by atoms with Crippen LogP contribution in [-0.4, -0.2) is 20.1 Å². The van der Waals surface area contributed by atoms with Crippen molar-refractivity contribution in [3.63, 3.8) is 0 Å². The molecule has 0 spiro atoms. The zero-order valence-corrected chi connectivity index (χ0v) is 7.51. The third-order valence-electron chi connectivity index (χ3n) is 1.41. The Morgan fingerprint density at radius 1 is 1.40 bits per heavy atom. The molecule has 0 fully saturated rings. The topological polar surface area (TPSA) is 26.0 Å². The van der Waals surface area contributed by atoms with Crippen molar-refractivity contribution in [2.24, 2.45) is 5.73 Å². The third kappa shape index (κ3) is 1.47. The summed E-state index contributed by atoms with van der Waals surface area (Å²) in [5.41, 5.74) is 7.88. The van der Waals surface area contributed by atoms with Crippen molar-refractivity contribution in [1.29, 1.82) is 0 Å². The number of aryl methyl sites for hydroxylation is 1. The Kier molecular flexibility index (Phi) is 2.25. The van der Waals surface area contributed by atoms with Gasteiger partial charge in [-0.2, -0.15) is 0 Å². The Balaban J connectivity index is 3.15. The average Bonchev–Trinajstić information content (AvgIpc) is 1.88. The molecule has 1 rings (SSSR count). The van der Waals surface area contributed by atoms with Crippen molar-refractivity contribution in [2.75, 3.05) is 0 Å². The Hall–Kier alpha value is -0.591. The van der Waals surface area contributed by atoms with Crippen LogP contribution in [0.4, 0.5) is 0 Å². The fourth-order valence-electron chi connectivity index (χ4n) is 0.849. The summed E-state index contributed by atoms with van der Waals surface area (Å²) in [6.07, 6.45) is 0. The Bertz CT molecular complexity index is 255. The van der Waals surface area contributed by atoms with Crippen molar-refractivity contribution >= 4 is 20.1 Å². The molecule has 0 atom stereocenters. The van der Waals surface area contributed by atoms with Gasteiger partial charge in [0.25, 0.3) is 0 Å². The second-order valence-corrected chi connectivity index (χ2v) is 3.10. The van der Waals surface area contributed by atoms with Crippen molar-refractivity contribution in [2.45, 2.75) is 6.92 Å². The van der Waals surface area contributed by atoms with Gasteiger partial charge in [0, 0.05) is 0 Å². The first-order valence-corrected chi connectivity index (χ1v) is 3.93. The molecule has 0 radical (unpaired) electrons. The first-order valence-electron chi connectivity index (χ1n) is 3.07. The zero-order chi connectivity index (χ0) is 7.56. The van der Waals surface area contributed by atoms with E-state index in [0.717, 1.165) is 10.1 Å². The maximum absolute atomic E-state index is 5.58. The van der Waals surface area contributed by atoms with Gasteiger partial charge in [-0.15, -0.1) is 0 Å². The Morgan fingerprint density at radius 3 is 2.40 bits per heavy atom. The predicted octanol–water partition coefficient (Wildman–Crippen LogP) is 0.600. The van der Waals surface area contributed by atoms with E-state index in [1.807, 2.05) is 31.2 Å². The van der Waals surface area contributed by atoms with Gasteiger partial charge in [0.2, 0.25) is 0 Å². The molecule has 0 amide bonds. The van der Waals surface area contributed by atoms with Crippen LogP contribution in [-0.2, 0) is 0 Å². The van der Waals surface area contributed by atoms with Gasteiger partial charge in [-0.1, -0.05) is 0 Å². The van der Waals surface area contributed by atoms with Gasteiger partial charge >= 0.3 is 68.2 Å². The molecular weight excluding hydrogens is 189 g/mol. The molecule has 0 saturated heterocycles. The minimum atomic E-state index is 0.762.